The second-order valence-corrected chi connectivity index (χ2v) is 18.6. The average Bonchev–Trinajstić information content (AvgIpc) is 3.09. The maximum absolute atomic E-state index is 12.8. The number of hydrogen-bond donors (Lipinski definition) is 3. The van der Waals surface area contributed by atoms with Crippen molar-refractivity contribution in [1.29, 1.82) is 0 Å². The lowest BCUT2D eigenvalue weighted by Crippen LogP contribution is -2.27. The molecule has 0 amide bonds. The topological polar surface area (TPSA) is 217 Å². The molecule has 1 rings (SSSR count). The predicted octanol–water partition coefficient (Wildman–Crippen LogP) is 10.3. The van der Waals surface area contributed by atoms with Gasteiger partial charge in [0.15, 0.2) is 0 Å². The molecule has 1 heterocycles. The Morgan fingerprint density at radius 2 is 1.11 bits per heavy atom. The van der Waals surface area contributed by atoms with E-state index in [-0.39, 0.29) is 25.7 Å². The number of allylic oxidation sites excluding steroid dienone is 3. The van der Waals surface area contributed by atoms with Crippen molar-refractivity contribution >= 4 is 37.2 Å². The van der Waals surface area contributed by atoms with Gasteiger partial charge < -0.3 is 4.74 Å². The molecule has 0 radical (unpaired) electrons. The third kappa shape index (κ3) is 36.2. The molecule has 1 aliphatic rings. The van der Waals surface area contributed by atoms with E-state index in [4.69, 9.17) is 17.3 Å². The molecule has 3 N–H and O–H groups in total. The highest BCUT2D eigenvalue weighted by Crippen LogP contribution is 2.24. The van der Waals surface area contributed by atoms with Crippen molar-refractivity contribution in [3.8, 4) is 0 Å². The lowest BCUT2D eigenvalue weighted by atomic mass is 9.99. The molecule has 0 aliphatic carbocycles. The van der Waals surface area contributed by atoms with Crippen LogP contribution in [0, 0.1) is 0 Å². The van der Waals surface area contributed by atoms with Crippen LogP contribution in [-0.2, 0) is 53.3 Å². The van der Waals surface area contributed by atoms with E-state index >= 15 is 0 Å². The summed E-state index contributed by atoms with van der Waals surface area (Å²) in [5, 5.41) is 0. The molecular weight excluding hydrogens is 801 g/mol. The first-order valence-electron chi connectivity index (χ1n) is 21.5. The Balaban J connectivity index is 2.85. The van der Waals surface area contributed by atoms with E-state index in [1.165, 1.54) is 6.08 Å². The quantitative estimate of drug-likeness (QED) is 0.0604. The molecule has 0 saturated carbocycles. The summed E-state index contributed by atoms with van der Waals surface area (Å²) in [4.78, 5) is 12.8. The number of hydrogen-bond acceptors (Lipinski definition) is 11. The smallest absolute Gasteiger partial charge is 0.397 e. The van der Waals surface area contributed by atoms with Crippen LogP contribution in [0.2, 0.25) is 0 Å². The minimum Gasteiger partial charge on any atom is -0.459 e. The lowest BCUT2D eigenvalue weighted by molar-refractivity contribution is -0.144. The van der Waals surface area contributed by atoms with Gasteiger partial charge in [-0.05, 0) is 64.7 Å². The molecule has 0 spiro atoms. The van der Waals surface area contributed by atoms with Crippen LogP contribution in [0.15, 0.2) is 24.3 Å². The molecule has 4 unspecified atom stereocenters. The first-order valence-corrected chi connectivity index (χ1v) is 25.6. The average molecular weight is 875 g/mol. The largest absolute Gasteiger partial charge is 0.459 e. The van der Waals surface area contributed by atoms with Gasteiger partial charge in [0.2, 0.25) is 0 Å². The van der Waals surface area contributed by atoms with Gasteiger partial charge >= 0.3 is 37.2 Å². The second kappa shape index (κ2) is 32.3. The van der Waals surface area contributed by atoms with Crippen LogP contribution in [0.4, 0.5) is 0 Å². The first-order chi connectivity index (χ1) is 27.1. The van der Waals surface area contributed by atoms with Gasteiger partial charge in [-0.15, -0.1) is 0 Å². The van der Waals surface area contributed by atoms with Crippen molar-refractivity contribution in [1.82, 2.24) is 0 Å². The number of rotatable bonds is 15. The highest BCUT2D eigenvalue weighted by molar-refractivity contribution is 7.81. The second-order valence-electron chi connectivity index (χ2n) is 15.4. The van der Waals surface area contributed by atoms with E-state index in [1.54, 1.807) is 0 Å². The van der Waals surface area contributed by atoms with Gasteiger partial charge in [0.25, 0.3) is 0 Å². The van der Waals surface area contributed by atoms with Crippen molar-refractivity contribution in [2.75, 3.05) is 0 Å². The summed E-state index contributed by atoms with van der Waals surface area (Å²) < 4.78 is 118. The minimum absolute atomic E-state index is 0.111. The fourth-order valence-corrected chi connectivity index (χ4v) is 8.89. The van der Waals surface area contributed by atoms with Crippen molar-refractivity contribution in [3.05, 3.63) is 24.3 Å². The molecule has 57 heavy (non-hydrogen) atoms. The number of ether oxygens (including phenoxy) is 1. The number of carbonyl (C=O) groups is 1. The van der Waals surface area contributed by atoms with Gasteiger partial charge in [0, 0.05) is 18.9 Å². The zero-order valence-corrected chi connectivity index (χ0v) is 36.8. The molecule has 0 saturated heterocycles. The predicted molar refractivity (Wildman–Crippen MR) is 222 cm³/mol. The highest BCUT2D eigenvalue weighted by Gasteiger charge is 2.26. The highest BCUT2D eigenvalue weighted by atomic mass is 32.3. The lowest BCUT2D eigenvalue weighted by Gasteiger charge is -2.23. The van der Waals surface area contributed by atoms with Gasteiger partial charge in [-0.25, -0.2) is 17.3 Å². The Morgan fingerprint density at radius 3 is 1.58 bits per heavy atom. The standard InChI is InChI=1S/C40H74O14S3/c1-2-3-4-5-14-20-25-30-37(52-55(42,43)44)34-36-29-24-19-15-11-9-12-17-22-27-32-39(54-57(48,49)50)35-38(53-56(45,46)47)31-26-21-16-10-7-6-8-13-18-23-28-33-40(41)51-36/h2-3,28,33,36-39H,4-27,29-32,34-35H2,1H3,(H,42,43,44)(H,45,46,47)(H,48,49,50). The summed E-state index contributed by atoms with van der Waals surface area (Å²) in [6.45, 7) is 1.98. The Morgan fingerprint density at radius 1 is 0.649 bits per heavy atom. The number of unbranched alkanes of at least 4 members (excludes halogenated alkanes) is 4. The molecule has 0 aromatic heterocycles. The zero-order valence-electron chi connectivity index (χ0n) is 34.4. The van der Waals surface area contributed by atoms with Gasteiger partial charge in [-0.2, -0.15) is 25.3 Å². The number of carbonyl (C=O) groups excluding carboxylic acids is 1. The molecule has 0 fully saturated rings. The third-order valence-corrected chi connectivity index (χ3v) is 11.7. The van der Waals surface area contributed by atoms with E-state index < -0.39 is 61.6 Å². The Hall–Kier alpha value is -1.44. The fourth-order valence-electron chi connectivity index (χ4n) is 7.33. The van der Waals surface area contributed by atoms with Crippen LogP contribution in [-0.4, -0.2) is 69.3 Å². The maximum atomic E-state index is 12.8. The monoisotopic (exact) mass is 874 g/mol. The molecule has 336 valence electrons. The van der Waals surface area contributed by atoms with Crippen LogP contribution in [0.25, 0.3) is 0 Å². The van der Waals surface area contributed by atoms with E-state index in [0.717, 1.165) is 141 Å². The minimum atomic E-state index is -4.79. The Labute approximate surface area is 345 Å². The van der Waals surface area contributed by atoms with Crippen molar-refractivity contribution in [2.24, 2.45) is 0 Å². The third-order valence-electron chi connectivity index (χ3n) is 10.2. The van der Waals surface area contributed by atoms with Gasteiger partial charge in [0.1, 0.15) is 6.10 Å². The SMILES string of the molecule is CC=CCCCCCCC(CC1CCCCCCCCCCCC(OS(=O)(=O)O)CC(OS(=O)(=O)O)CCCCCCCCCCCC=CC(=O)O1)OS(=O)(=O)O. The molecular formula is C40H74O14S3. The Bertz CT molecular complexity index is 1410. The van der Waals surface area contributed by atoms with Gasteiger partial charge in [-0.3, -0.25) is 13.7 Å². The number of cyclic esters (lactones) is 1. The summed E-state index contributed by atoms with van der Waals surface area (Å²) in [5.74, 6) is -0.471. The first kappa shape index (κ1) is 53.6. The molecule has 14 nitrogen and oxygen atoms in total. The summed E-state index contributed by atoms with van der Waals surface area (Å²) in [7, 11) is -14.2. The summed E-state index contributed by atoms with van der Waals surface area (Å²) in [6, 6.07) is 0. The summed E-state index contributed by atoms with van der Waals surface area (Å²) >= 11 is 0. The molecule has 17 heteroatoms. The van der Waals surface area contributed by atoms with E-state index in [2.05, 4.69) is 6.08 Å². The summed E-state index contributed by atoms with van der Waals surface area (Å²) in [6.07, 6.45) is 27.2. The molecule has 0 aromatic carbocycles. The zero-order chi connectivity index (χ0) is 42.3. The van der Waals surface area contributed by atoms with Gasteiger partial charge in [0.05, 0.1) is 18.3 Å². The molecule has 0 aromatic rings. The van der Waals surface area contributed by atoms with Crippen LogP contribution in [0.3, 0.4) is 0 Å². The normalized spacial score (nSPS) is 23.4. The van der Waals surface area contributed by atoms with Crippen molar-refractivity contribution in [2.45, 2.75) is 224 Å². The Kier molecular flexibility index (Phi) is 30.4. The van der Waals surface area contributed by atoms with Crippen LogP contribution < -0.4 is 0 Å². The van der Waals surface area contributed by atoms with Crippen molar-refractivity contribution in [3.63, 3.8) is 0 Å². The molecule has 0 bridgehead atoms. The fraction of sp³-hybridized carbons (Fsp3) is 0.875. The van der Waals surface area contributed by atoms with Crippen LogP contribution >= 0.6 is 0 Å². The van der Waals surface area contributed by atoms with E-state index in [9.17, 15) is 43.7 Å². The van der Waals surface area contributed by atoms with Crippen LogP contribution in [0.1, 0.15) is 200 Å². The van der Waals surface area contributed by atoms with E-state index in [0.29, 0.717) is 25.7 Å². The van der Waals surface area contributed by atoms with E-state index in [1.807, 2.05) is 19.1 Å². The summed E-state index contributed by atoms with van der Waals surface area (Å²) in [5.41, 5.74) is 0. The molecule has 4 atom stereocenters. The number of esters is 1. The maximum Gasteiger partial charge on any atom is 0.397 e. The van der Waals surface area contributed by atoms with Crippen molar-refractivity contribution < 1.29 is 61.0 Å². The molecule has 1 aliphatic heterocycles. The van der Waals surface area contributed by atoms with Crippen LogP contribution in [0.5, 0.6) is 0 Å². The van der Waals surface area contributed by atoms with Gasteiger partial charge in [-0.1, -0.05) is 140 Å².